The second kappa shape index (κ2) is 12.0. The number of ether oxygens (including phenoxy) is 2. The van der Waals surface area contributed by atoms with E-state index in [2.05, 4.69) is 5.32 Å². The Morgan fingerprint density at radius 1 is 1.06 bits per heavy atom. The molecule has 0 bridgehead atoms. The van der Waals surface area contributed by atoms with Crippen molar-refractivity contribution in [3.8, 4) is 11.5 Å². The Labute approximate surface area is 219 Å². The maximum Gasteiger partial charge on any atom is 0.238 e. The van der Waals surface area contributed by atoms with Crippen molar-refractivity contribution in [2.24, 2.45) is 4.99 Å². The third-order valence-corrected chi connectivity index (χ3v) is 7.03. The van der Waals surface area contributed by atoms with Gasteiger partial charge in [0.1, 0.15) is 16.7 Å². The van der Waals surface area contributed by atoms with Gasteiger partial charge in [0.05, 0.1) is 19.9 Å². The predicted molar refractivity (Wildman–Crippen MR) is 145 cm³/mol. The molecule has 3 aromatic rings. The molecule has 9 heteroatoms. The zero-order valence-electron chi connectivity index (χ0n) is 19.9. The normalized spacial score (nSPS) is 16.6. The molecule has 1 aliphatic rings. The van der Waals surface area contributed by atoms with Gasteiger partial charge in [-0.3, -0.25) is 14.5 Å². The summed E-state index contributed by atoms with van der Waals surface area (Å²) in [5.74, 6) is 1.06. The van der Waals surface area contributed by atoms with E-state index in [0.717, 1.165) is 11.3 Å². The van der Waals surface area contributed by atoms with Gasteiger partial charge in [-0.05, 0) is 66.6 Å². The maximum absolute atomic E-state index is 13.2. The molecule has 1 aliphatic heterocycles. The molecule has 1 saturated heterocycles. The van der Waals surface area contributed by atoms with Crippen molar-refractivity contribution in [3.05, 3.63) is 83.4 Å². The van der Waals surface area contributed by atoms with E-state index in [0.29, 0.717) is 40.3 Å². The number of benzene rings is 3. The number of amides is 2. The summed E-state index contributed by atoms with van der Waals surface area (Å²) in [5, 5.41) is 3.28. The zero-order chi connectivity index (χ0) is 25.5. The van der Waals surface area contributed by atoms with Gasteiger partial charge in [0.15, 0.2) is 5.17 Å². The van der Waals surface area contributed by atoms with Gasteiger partial charge in [0.2, 0.25) is 11.8 Å². The fourth-order valence-corrected chi connectivity index (χ4v) is 4.96. The summed E-state index contributed by atoms with van der Waals surface area (Å²) >= 11 is 7.42. The van der Waals surface area contributed by atoms with Gasteiger partial charge in [-0.25, -0.2) is 4.99 Å². The predicted octanol–water partition coefficient (Wildman–Crippen LogP) is 5.56. The summed E-state index contributed by atoms with van der Waals surface area (Å²) in [5.41, 5.74) is 2.31. The van der Waals surface area contributed by atoms with E-state index in [-0.39, 0.29) is 18.2 Å². The second-order valence-electron chi connectivity index (χ2n) is 8.05. The molecule has 0 aliphatic carbocycles. The second-order valence-corrected chi connectivity index (χ2v) is 9.65. The number of hydrogen-bond donors (Lipinski definition) is 1. The first-order valence-electron chi connectivity index (χ1n) is 11.3. The molecule has 36 heavy (non-hydrogen) atoms. The van der Waals surface area contributed by atoms with Crippen LogP contribution in [0.4, 0.5) is 11.4 Å². The van der Waals surface area contributed by atoms with Crippen molar-refractivity contribution in [2.75, 3.05) is 26.1 Å². The molecular formula is C27H26ClN3O4S. The van der Waals surface area contributed by atoms with Crippen molar-refractivity contribution in [3.63, 3.8) is 0 Å². The fraction of sp³-hybridized carbons (Fsp3) is 0.222. The molecule has 0 aromatic heterocycles. The lowest BCUT2D eigenvalue weighted by Gasteiger charge is -2.32. The number of nitrogens with zero attached hydrogens (tertiary/aromatic N) is 2. The summed E-state index contributed by atoms with van der Waals surface area (Å²) < 4.78 is 10.4. The van der Waals surface area contributed by atoms with Crippen LogP contribution in [0.2, 0.25) is 5.02 Å². The monoisotopic (exact) mass is 523 g/mol. The van der Waals surface area contributed by atoms with Gasteiger partial charge in [0, 0.05) is 23.7 Å². The molecule has 1 unspecified atom stereocenters. The molecule has 7 nitrogen and oxygen atoms in total. The Hall–Kier alpha value is -3.49. The van der Waals surface area contributed by atoms with Crippen LogP contribution in [0, 0.1) is 0 Å². The van der Waals surface area contributed by atoms with Gasteiger partial charge in [-0.1, -0.05) is 41.6 Å². The maximum atomic E-state index is 13.2. The van der Waals surface area contributed by atoms with Crippen LogP contribution < -0.4 is 14.8 Å². The molecule has 3 aromatic carbocycles. The Morgan fingerprint density at radius 3 is 2.36 bits per heavy atom. The van der Waals surface area contributed by atoms with E-state index in [4.69, 9.17) is 26.1 Å². The summed E-state index contributed by atoms with van der Waals surface area (Å²) in [7, 11) is 3.21. The molecule has 4 rings (SSSR count). The van der Waals surface area contributed by atoms with E-state index in [9.17, 15) is 9.59 Å². The number of rotatable bonds is 8. The number of halogens is 1. The Kier molecular flexibility index (Phi) is 8.51. The third kappa shape index (κ3) is 6.59. The molecule has 0 spiro atoms. The SMILES string of the molecule is COc1ccc(CCN2C(=O)CC(C(=O)Nc3ccc(OC)cc3)SC2=Nc2cccc(Cl)c2)cc1. The van der Waals surface area contributed by atoms with E-state index in [1.165, 1.54) is 11.8 Å². The van der Waals surface area contributed by atoms with Crippen LogP contribution >= 0.6 is 23.4 Å². The van der Waals surface area contributed by atoms with Crippen molar-refractivity contribution in [1.82, 2.24) is 4.90 Å². The van der Waals surface area contributed by atoms with Crippen LogP contribution in [0.15, 0.2) is 77.8 Å². The highest BCUT2D eigenvalue weighted by atomic mass is 35.5. The average Bonchev–Trinajstić information content (AvgIpc) is 2.89. The standard InChI is InChI=1S/C27H26ClN3O4S/c1-34-22-10-6-18(7-11-22)14-15-31-25(32)17-24(26(33)29-20-8-12-23(35-2)13-9-20)36-27(31)30-21-5-3-4-19(28)16-21/h3-13,16,24H,14-15,17H2,1-2H3,(H,29,33). The highest BCUT2D eigenvalue weighted by Gasteiger charge is 2.35. The Bertz CT molecular complexity index is 1250. The van der Waals surface area contributed by atoms with Crippen molar-refractivity contribution >= 4 is 51.7 Å². The number of aliphatic imine (C=N–C) groups is 1. The number of amidine groups is 1. The Morgan fingerprint density at radius 2 is 1.72 bits per heavy atom. The molecule has 2 amide bonds. The quantitative estimate of drug-likeness (QED) is 0.418. The highest BCUT2D eigenvalue weighted by molar-refractivity contribution is 8.15. The first-order valence-corrected chi connectivity index (χ1v) is 12.6. The molecule has 0 radical (unpaired) electrons. The smallest absolute Gasteiger partial charge is 0.238 e. The summed E-state index contributed by atoms with van der Waals surface area (Å²) in [6.45, 7) is 0.435. The van der Waals surface area contributed by atoms with Crippen molar-refractivity contribution in [1.29, 1.82) is 0 Å². The number of anilines is 1. The zero-order valence-corrected chi connectivity index (χ0v) is 21.5. The van der Waals surface area contributed by atoms with E-state index < -0.39 is 5.25 Å². The molecule has 0 saturated carbocycles. The molecule has 1 N–H and O–H groups in total. The third-order valence-electron chi connectivity index (χ3n) is 5.61. The largest absolute Gasteiger partial charge is 0.497 e. The van der Waals surface area contributed by atoms with Gasteiger partial charge >= 0.3 is 0 Å². The van der Waals surface area contributed by atoms with Crippen LogP contribution in [-0.2, 0) is 16.0 Å². The van der Waals surface area contributed by atoms with Crippen LogP contribution in [0.1, 0.15) is 12.0 Å². The van der Waals surface area contributed by atoms with Crippen LogP contribution in [0.5, 0.6) is 11.5 Å². The lowest BCUT2D eigenvalue weighted by atomic mass is 10.1. The highest BCUT2D eigenvalue weighted by Crippen LogP contribution is 2.31. The number of methoxy groups -OCH3 is 2. The number of thioether (sulfide) groups is 1. The van der Waals surface area contributed by atoms with Gasteiger partial charge in [-0.15, -0.1) is 0 Å². The minimum Gasteiger partial charge on any atom is -0.497 e. The molecule has 186 valence electrons. The van der Waals surface area contributed by atoms with Crippen molar-refractivity contribution < 1.29 is 19.1 Å². The first-order chi connectivity index (χ1) is 17.4. The van der Waals surface area contributed by atoms with Crippen LogP contribution in [0.25, 0.3) is 0 Å². The van der Waals surface area contributed by atoms with Crippen LogP contribution in [-0.4, -0.2) is 47.9 Å². The van der Waals surface area contributed by atoms with Gasteiger partial charge in [0.25, 0.3) is 0 Å². The number of hydrogen-bond acceptors (Lipinski definition) is 6. The van der Waals surface area contributed by atoms with E-state index >= 15 is 0 Å². The number of carbonyl (C=O) groups is 2. The lowest BCUT2D eigenvalue weighted by molar-refractivity contribution is -0.129. The Balaban J connectivity index is 1.53. The fourth-order valence-electron chi connectivity index (χ4n) is 3.65. The molecule has 1 atom stereocenters. The van der Waals surface area contributed by atoms with E-state index in [1.54, 1.807) is 61.6 Å². The number of carbonyl (C=O) groups excluding carboxylic acids is 2. The minimum absolute atomic E-state index is 0.0732. The van der Waals surface area contributed by atoms with Gasteiger partial charge in [-0.2, -0.15) is 0 Å². The topological polar surface area (TPSA) is 80.2 Å². The van der Waals surface area contributed by atoms with Crippen molar-refractivity contribution in [2.45, 2.75) is 18.1 Å². The minimum atomic E-state index is -0.616. The molecule has 1 fully saturated rings. The average molecular weight is 524 g/mol. The van der Waals surface area contributed by atoms with Crippen LogP contribution in [0.3, 0.4) is 0 Å². The van der Waals surface area contributed by atoms with Gasteiger partial charge < -0.3 is 14.8 Å². The summed E-state index contributed by atoms with van der Waals surface area (Å²) in [6, 6.07) is 21.9. The van der Waals surface area contributed by atoms with E-state index in [1.807, 2.05) is 30.3 Å². The summed E-state index contributed by atoms with van der Waals surface area (Å²) in [4.78, 5) is 32.6. The molecular weight excluding hydrogens is 498 g/mol. The lowest BCUT2D eigenvalue weighted by Crippen LogP contribution is -2.46. The number of nitrogens with one attached hydrogen (secondary N) is 1. The summed E-state index contributed by atoms with van der Waals surface area (Å²) in [6.07, 6.45) is 0.706. The first kappa shape index (κ1) is 25.6. The molecule has 1 heterocycles.